The molecule has 0 fully saturated rings. The van der Waals surface area contributed by atoms with Crippen LogP contribution in [0, 0.1) is 10.1 Å². The molecule has 2 aromatic carbocycles. The van der Waals surface area contributed by atoms with Crippen LogP contribution in [0.3, 0.4) is 0 Å². The summed E-state index contributed by atoms with van der Waals surface area (Å²) in [7, 11) is 0. The SMILES string of the molecule is O=C1/C(=C\c2c[nH]c3ccc([N+](=O)[O-])cc23)Oc2cc(O)cc(O)c21. The largest absolute Gasteiger partial charge is 0.508 e. The van der Waals surface area contributed by atoms with Gasteiger partial charge in [-0.15, -0.1) is 0 Å². The lowest BCUT2D eigenvalue weighted by Crippen LogP contribution is -1.98. The third-order valence-electron chi connectivity index (χ3n) is 3.93. The predicted octanol–water partition coefficient (Wildman–Crippen LogP) is 3.10. The molecule has 8 heteroatoms. The second kappa shape index (κ2) is 5.10. The van der Waals surface area contributed by atoms with Gasteiger partial charge in [0.2, 0.25) is 5.78 Å². The summed E-state index contributed by atoms with van der Waals surface area (Å²) >= 11 is 0. The Morgan fingerprint density at radius 2 is 2.00 bits per heavy atom. The number of rotatable bonds is 2. The van der Waals surface area contributed by atoms with Gasteiger partial charge in [-0.05, 0) is 12.1 Å². The van der Waals surface area contributed by atoms with Crippen molar-refractivity contribution in [2.45, 2.75) is 0 Å². The van der Waals surface area contributed by atoms with Crippen molar-refractivity contribution >= 4 is 28.4 Å². The van der Waals surface area contributed by atoms with Crippen LogP contribution in [0.2, 0.25) is 0 Å². The second-order valence-electron chi connectivity index (χ2n) is 5.51. The fraction of sp³-hybridized carbons (Fsp3) is 0. The number of nitrogens with zero attached hydrogens (tertiary/aromatic N) is 1. The van der Waals surface area contributed by atoms with Gasteiger partial charge in [0.25, 0.3) is 5.69 Å². The van der Waals surface area contributed by atoms with Gasteiger partial charge < -0.3 is 19.9 Å². The summed E-state index contributed by atoms with van der Waals surface area (Å²) in [6, 6.07) is 6.63. The lowest BCUT2D eigenvalue weighted by Gasteiger charge is -2.00. The van der Waals surface area contributed by atoms with E-state index in [-0.39, 0.29) is 34.3 Å². The standard InChI is InChI=1S/C17H10N2O6/c20-10-5-13(21)16-14(6-10)25-15(17(16)22)3-8-7-18-12-2-1-9(19(23)24)4-11(8)12/h1-7,18,20-21H/b15-3+. The Kier molecular flexibility index (Phi) is 3.01. The lowest BCUT2D eigenvalue weighted by atomic mass is 10.1. The van der Waals surface area contributed by atoms with E-state index in [1.165, 1.54) is 24.3 Å². The maximum Gasteiger partial charge on any atom is 0.270 e. The second-order valence-corrected chi connectivity index (χ2v) is 5.51. The topological polar surface area (TPSA) is 126 Å². The molecule has 1 aromatic heterocycles. The Hall–Kier alpha value is -3.81. The van der Waals surface area contributed by atoms with Crippen LogP contribution < -0.4 is 4.74 Å². The number of carbonyl (C=O) groups is 1. The molecule has 124 valence electrons. The number of carbonyl (C=O) groups excluding carboxylic acids is 1. The summed E-state index contributed by atoms with van der Waals surface area (Å²) < 4.78 is 5.42. The molecule has 0 saturated heterocycles. The molecule has 0 amide bonds. The molecule has 1 aliphatic rings. The summed E-state index contributed by atoms with van der Waals surface area (Å²) in [6.07, 6.45) is 3.03. The zero-order chi connectivity index (χ0) is 17.7. The number of hydrogen-bond acceptors (Lipinski definition) is 6. The fourth-order valence-corrected chi connectivity index (χ4v) is 2.78. The van der Waals surface area contributed by atoms with E-state index in [9.17, 15) is 25.1 Å². The molecule has 8 nitrogen and oxygen atoms in total. The summed E-state index contributed by atoms with van der Waals surface area (Å²) in [6.45, 7) is 0. The van der Waals surface area contributed by atoms with Crippen molar-refractivity contribution in [1.29, 1.82) is 0 Å². The van der Waals surface area contributed by atoms with Gasteiger partial charge in [0, 0.05) is 46.9 Å². The monoisotopic (exact) mass is 338 g/mol. The Labute approximate surface area is 139 Å². The minimum atomic E-state index is -0.535. The van der Waals surface area contributed by atoms with Crippen LogP contribution in [0.15, 0.2) is 42.3 Å². The summed E-state index contributed by atoms with van der Waals surface area (Å²) in [5, 5.41) is 30.8. The molecule has 0 atom stereocenters. The number of nitro groups is 1. The van der Waals surface area contributed by atoms with Crippen molar-refractivity contribution in [1.82, 2.24) is 4.98 Å². The molecule has 0 saturated carbocycles. The number of Topliss-reactive ketones (excluding diaryl/α,β-unsaturated/α-hetero) is 1. The molecule has 1 aliphatic heterocycles. The smallest absolute Gasteiger partial charge is 0.270 e. The molecule has 3 N–H and O–H groups in total. The Morgan fingerprint density at radius 1 is 1.20 bits per heavy atom. The van der Waals surface area contributed by atoms with Crippen LogP contribution >= 0.6 is 0 Å². The van der Waals surface area contributed by atoms with E-state index in [2.05, 4.69) is 4.98 Å². The van der Waals surface area contributed by atoms with Crippen LogP contribution in [-0.2, 0) is 0 Å². The number of nitrogens with one attached hydrogen (secondary N) is 1. The lowest BCUT2D eigenvalue weighted by molar-refractivity contribution is -0.384. The molecular formula is C17H10N2O6. The quantitative estimate of drug-likeness (QED) is 0.374. The molecule has 0 unspecified atom stereocenters. The van der Waals surface area contributed by atoms with E-state index < -0.39 is 10.7 Å². The average Bonchev–Trinajstić information content (AvgIpc) is 3.09. The van der Waals surface area contributed by atoms with Crippen LogP contribution in [0.1, 0.15) is 15.9 Å². The first-order valence-electron chi connectivity index (χ1n) is 7.20. The predicted molar refractivity (Wildman–Crippen MR) is 87.7 cm³/mol. The van der Waals surface area contributed by atoms with Crippen LogP contribution in [0.25, 0.3) is 17.0 Å². The molecule has 4 rings (SSSR count). The first-order chi connectivity index (χ1) is 11.9. The van der Waals surface area contributed by atoms with E-state index in [1.807, 2.05) is 0 Å². The molecule has 0 radical (unpaired) electrons. The van der Waals surface area contributed by atoms with Crippen molar-refractivity contribution in [3.05, 3.63) is 63.5 Å². The van der Waals surface area contributed by atoms with E-state index in [0.29, 0.717) is 16.5 Å². The highest BCUT2D eigenvalue weighted by atomic mass is 16.6. The Morgan fingerprint density at radius 3 is 2.76 bits per heavy atom. The highest BCUT2D eigenvalue weighted by Gasteiger charge is 2.31. The third kappa shape index (κ3) is 2.27. The summed E-state index contributed by atoms with van der Waals surface area (Å²) in [4.78, 5) is 25.8. The number of benzene rings is 2. The number of ether oxygens (including phenoxy) is 1. The van der Waals surface area contributed by atoms with E-state index in [0.717, 1.165) is 6.07 Å². The third-order valence-corrected chi connectivity index (χ3v) is 3.93. The van der Waals surface area contributed by atoms with Crippen LogP contribution in [-0.4, -0.2) is 25.9 Å². The van der Waals surface area contributed by atoms with Crippen molar-refractivity contribution in [2.75, 3.05) is 0 Å². The normalized spacial score (nSPS) is 14.7. The number of ketones is 1. The van der Waals surface area contributed by atoms with Crippen LogP contribution in [0.5, 0.6) is 17.2 Å². The van der Waals surface area contributed by atoms with E-state index in [1.54, 1.807) is 12.3 Å². The number of allylic oxidation sites excluding steroid dienone is 1. The van der Waals surface area contributed by atoms with E-state index >= 15 is 0 Å². The number of fused-ring (bicyclic) bond motifs is 2. The van der Waals surface area contributed by atoms with Gasteiger partial charge in [-0.25, -0.2) is 0 Å². The maximum atomic E-state index is 12.4. The molecule has 0 spiro atoms. The molecule has 0 aliphatic carbocycles. The van der Waals surface area contributed by atoms with Crippen molar-refractivity contribution in [2.24, 2.45) is 0 Å². The number of phenolic OH excluding ortho intramolecular Hbond substituents is 2. The number of aromatic nitrogens is 1. The maximum absolute atomic E-state index is 12.4. The first kappa shape index (κ1) is 14.8. The highest BCUT2D eigenvalue weighted by Crippen LogP contribution is 2.41. The van der Waals surface area contributed by atoms with Gasteiger partial charge in [-0.3, -0.25) is 14.9 Å². The zero-order valence-electron chi connectivity index (χ0n) is 12.5. The number of aromatic amines is 1. The van der Waals surface area contributed by atoms with Crippen molar-refractivity contribution in [3.8, 4) is 17.2 Å². The molecule has 25 heavy (non-hydrogen) atoms. The van der Waals surface area contributed by atoms with Gasteiger partial charge in [0.1, 0.15) is 22.8 Å². The zero-order valence-corrected chi connectivity index (χ0v) is 12.5. The van der Waals surface area contributed by atoms with Gasteiger partial charge in [-0.1, -0.05) is 0 Å². The van der Waals surface area contributed by atoms with E-state index in [4.69, 9.17) is 4.74 Å². The Bertz CT molecular complexity index is 1100. The van der Waals surface area contributed by atoms with Gasteiger partial charge in [-0.2, -0.15) is 0 Å². The first-order valence-corrected chi connectivity index (χ1v) is 7.20. The fourth-order valence-electron chi connectivity index (χ4n) is 2.78. The number of nitro benzene ring substituents is 1. The van der Waals surface area contributed by atoms with Gasteiger partial charge in [0.05, 0.1) is 4.92 Å². The molecule has 0 bridgehead atoms. The molecule has 2 heterocycles. The van der Waals surface area contributed by atoms with Crippen molar-refractivity contribution < 1.29 is 24.7 Å². The molecular weight excluding hydrogens is 328 g/mol. The minimum absolute atomic E-state index is 0.0325. The summed E-state index contributed by atoms with van der Waals surface area (Å²) in [5.74, 6) is -1.14. The number of phenols is 2. The highest BCUT2D eigenvalue weighted by molar-refractivity contribution is 6.16. The number of non-ortho nitro benzene ring substituents is 1. The van der Waals surface area contributed by atoms with Crippen LogP contribution in [0.4, 0.5) is 5.69 Å². The number of H-pyrrole nitrogens is 1. The number of hydrogen-bond donors (Lipinski definition) is 3. The minimum Gasteiger partial charge on any atom is -0.508 e. The van der Waals surface area contributed by atoms with Gasteiger partial charge >= 0.3 is 0 Å². The average molecular weight is 338 g/mol. The van der Waals surface area contributed by atoms with Crippen molar-refractivity contribution in [3.63, 3.8) is 0 Å². The van der Waals surface area contributed by atoms with Gasteiger partial charge in [0.15, 0.2) is 5.76 Å². The molecule has 3 aromatic rings. The summed E-state index contributed by atoms with van der Waals surface area (Å²) in [5.41, 5.74) is 1.09. The Balaban J connectivity index is 1.81. The number of aromatic hydroxyl groups is 2.